The summed E-state index contributed by atoms with van der Waals surface area (Å²) in [5.41, 5.74) is -0.928. The average Bonchev–Trinajstić information content (AvgIpc) is 2.27. The second-order valence-electron chi connectivity index (χ2n) is 4.51. The van der Waals surface area contributed by atoms with Gasteiger partial charge in [0.2, 0.25) is 0 Å². The van der Waals surface area contributed by atoms with E-state index in [9.17, 15) is 20.1 Å². The standard InChI is InChI=1S/C12H17NO4/c1-12(2,7-14)13(3)11(17)10-8(15)5-4-6-9(10)16/h4-6,14-16H,7H2,1-3H3. The van der Waals surface area contributed by atoms with Crippen molar-refractivity contribution in [2.24, 2.45) is 0 Å². The number of nitrogens with zero attached hydrogens (tertiary/aromatic N) is 1. The molecule has 0 saturated carbocycles. The molecule has 0 aromatic heterocycles. The van der Waals surface area contributed by atoms with Crippen LogP contribution in [0, 0.1) is 0 Å². The number of phenols is 2. The van der Waals surface area contributed by atoms with E-state index in [1.54, 1.807) is 13.8 Å². The minimum absolute atomic E-state index is 0.156. The molecule has 0 saturated heterocycles. The summed E-state index contributed by atoms with van der Waals surface area (Å²) in [5, 5.41) is 28.3. The molecular formula is C12H17NO4. The van der Waals surface area contributed by atoms with Crippen LogP contribution in [0.15, 0.2) is 18.2 Å². The Balaban J connectivity index is 3.14. The Labute approximate surface area is 99.9 Å². The number of hydrogen-bond acceptors (Lipinski definition) is 4. The van der Waals surface area contributed by atoms with Crippen LogP contribution >= 0.6 is 0 Å². The van der Waals surface area contributed by atoms with Gasteiger partial charge in [0.25, 0.3) is 5.91 Å². The zero-order valence-electron chi connectivity index (χ0n) is 10.1. The molecule has 1 aromatic rings. The van der Waals surface area contributed by atoms with E-state index in [-0.39, 0.29) is 23.7 Å². The molecule has 5 heteroatoms. The highest BCUT2D eigenvalue weighted by atomic mass is 16.3. The first-order valence-electron chi connectivity index (χ1n) is 5.21. The molecule has 0 spiro atoms. The summed E-state index contributed by atoms with van der Waals surface area (Å²) in [6.45, 7) is 3.15. The van der Waals surface area contributed by atoms with Crippen LogP contribution in [0.2, 0.25) is 0 Å². The van der Waals surface area contributed by atoms with Gasteiger partial charge in [0, 0.05) is 7.05 Å². The number of benzene rings is 1. The molecule has 0 radical (unpaired) electrons. The van der Waals surface area contributed by atoms with Gasteiger partial charge < -0.3 is 20.2 Å². The third-order valence-corrected chi connectivity index (χ3v) is 2.83. The Kier molecular flexibility index (Phi) is 3.63. The zero-order valence-corrected chi connectivity index (χ0v) is 10.1. The number of carbonyl (C=O) groups excluding carboxylic acids is 1. The van der Waals surface area contributed by atoms with Gasteiger partial charge in [-0.15, -0.1) is 0 Å². The molecular weight excluding hydrogens is 222 g/mol. The van der Waals surface area contributed by atoms with Crippen molar-refractivity contribution in [3.05, 3.63) is 23.8 Å². The highest BCUT2D eigenvalue weighted by molar-refractivity contribution is 5.99. The molecule has 0 heterocycles. The highest BCUT2D eigenvalue weighted by Crippen LogP contribution is 2.29. The van der Waals surface area contributed by atoms with Crippen LogP contribution < -0.4 is 0 Å². The number of rotatable bonds is 3. The van der Waals surface area contributed by atoms with Crippen LogP contribution in [-0.4, -0.2) is 45.3 Å². The molecule has 1 amide bonds. The lowest BCUT2D eigenvalue weighted by Crippen LogP contribution is -2.47. The van der Waals surface area contributed by atoms with Crippen LogP contribution in [0.5, 0.6) is 11.5 Å². The second kappa shape index (κ2) is 4.63. The fraction of sp³-hybridized carbons (Fsp3) is 0.417. The predicted octanol–water partition coefficient (Wildman–Crippen LogP) is 0.941. The van der Waals surface area contributed by atoms with Crippen molar-refractivity contribution < 1.29 is 20.1 Å². The molecule has 1 aromatic carbocycles. The first kappa shape index (κ1) is 13.3. The highest BCUT2D eigenvalue weighted by Gasteiger charge is 2.30. The number of aromatic hydroxyl groups is 2. The van der Waals surface area contributed by atoms with E-state index >= 15 is 0 Å². The molecule has 0 aliphatic heterocycles. The van der Waals surface area contributed by atoms with Crippen LogP contribution in [0.3, 0.4) is 0 Å². The van der Waals surface area contributed by atoms with Gasteiger partial charge in [-0.05, 0) is 26.0 Å². The van der Waals surface area contributed by atoms with Gasteiger partial charge in [-0.1, -0.05) is 6.07 Å². The summed E-state index contributed by atoms with van der Waals surface area (Å²) in [5.74, 6) is -1.11. The van der Waals surface area contributed by atoms with Gasteiger partial charge in [0.15, 0.2) is 0 Å². The van der Waals surface area contributed by atoms with Crippen molar-refractivity contribution in [1.29, 1.82) is 0 Å². The lowest BCUT2D eigenvalue weighted by atomic mass is 10.0. The average molecular weight is 239 g/mol. The summed E-state index contributed by atoms with van der Waals surface area (Å²) in [4.78, 5) is 13.4. The minimum Gasteiger partial charge on any atom is -0.507 e. The molecule has 5 nitrogen and oxygen atoms in total. The molecule has 0 fully saturated rings. The number of likely N-dealkylation sites (N-methyl/N-ethyl adjacent to an activating group) is 1. The summed E-state index contributed by atoms with van der Waals surface area (Å²) >= 11 is 0. The van der Waals surface area contributed by atoms with Gasteiger partial charge in [-0.25, -0.2) is 0 Å². The Bertz CT molecular complexity index is 408. The summed E-state index contributed by atoms with van der Waals surface area (Å²) < 4.78 is 0. The third kappa shape index (κ3) is 2.50. The molecule has 1 rings (SSSR count). The lowest BCUT2D eigenvalue weighted by molar-refractivity contribution is 0.0468. The number of carbonyl (C=O) groups is 1. The molecule has 0 atom stereocenters. The first-order valence-corrected chi connectivity index (χ1v) is 5.21. The van der Waals surface area contributed by atoms with Gasteiger partial charge >= 0.3 is 0 Å². The fourth-order valence-electron chi connectivity index (χ4n) is 1.30. The lowest BCUT2D eigenvalue weighted by Gasteiger charge is -2.34. The molecule has 0 aliphatic carbocycles. The molecule has 3 N–H and O–H groups in total. The van der Waals surface area contributed by atoms with Crippen molar-refractivity contribution in [1.82, 2.24) is 4.90 Å². The fourth-order valence-corrected chi connectivity index (χ4v) is 1.30. The number of phenolic OH excluding ortho intramolecular Hbond substituents is 2. The Hall–Kier alpha value is -1.75. The monoisotopic (exact) mass is 239 g/mol. The van der Waals surface area contributed by atoms with E-state index in [0.717, 1.165) is 0 Å². The largest absolute Gasteiger partial charge is 0.507 e. The summed E-state index contributed by atoms with van der Waals surface area (Å²) in [6.07, 6.45) is 0. The smallest absolute Gasteiger partial charge is 0.261 e. The SMILES string of the molecule is CN(C(=O)c1c(O)cccc1O)C(C)(C)CO. The van der Waals surface area contributed by atoms with Crippen molar-refractivity contribution in [3.8, 4) is 11.5 Å². The van der Waals surface area contributed by atoms with Gasteiger partial charge in [-0.3, -0.25) is 4.79 Å². The summed E-state index contributed by atoms with van der Waals surface area (Å²) in [6, 6.07) is 4.10. The maximum absolute atomic E-state index is 12.1. The van der Waals surface area contributed by atoms with Crippen LogP contribution in [0.25, 0.3) is 0 Å². The quantitative estimate of drug-likeness (QED) is 0.733. The van der Waals surface area contributed by atoms with E-state index in [1.165, 1.54) is 30.1 Å². The van der Waals surface area contributed by atoms with Crippen molar-refractivity contribution in [3.63, 3.8) is 0 Å². The molecule has 17 heavy (non-hydrogen) atoms. The summed E-state index contributed by atoms with van der Waals surface area (Å²) in [7, 11) is 1.50. The van der Waals surface area contributed by atoms with Gasteiger partial charge in [-0.2, -0.15) is 0 Å². The molecule has 0 bridgehead atoms. The maximum Gasteiger partial charge on any atom is 0.261 e. The number of amides is 1. The molecule has 94 valence electrons. The number of hydrogen-bond donors (Lipinski definition) is 3. The van der Waals surface area contributed by atoms with Crippen LogP contribution in [-0.2, 0) is 0 Å². The minimum atomic E-state index is -0.772. The predicted molar refractivity (Wildman–Crippen MR) is 63.0 cm³/mol. The first-order chi connectivity index (χ1) is 7.81. The van der Waals surface area contributed by atoms with Crippen molar-refractivity contribution >= 4 is 5.91 Å². The van der Waals surface area contributed by atoms with Gasteiger partial charge in [0.1, 0.15) is 17.1 Å². The number of aliphatic hydroxyl groups excluding tert-OH is 1. The van der Waals surface area contributed by atoms with E-state index in [1.807, 2.05) is 0 Å². The van der Waals surface area contributed by atoms with Gasteiger partial charge in [0.05, 0.1) is 12.1 Å². The van der Waals surface area contributed by atoms with E-state index < -0.39 is 11.4 Å². The Morgan fingerprint density at radius 3 is 2.18 bits per heavy atom. The normalized spacial score (nSPS) is 11.3. The van der Waals surface area contributed by atoms with Crippen LogP contribution in [0.1, 0.15) is 24.2 Å². The van der Waals surface area contributed by atoms with E-state index in [0.29, 0.717) is 0 Å². The topological polar surface area (TPSA) is 81.0 Å². The Morgan fingerprint density at radius 1 is 1.29 bits per heavy atom. The Morgan fingerprint density at radius 2 is 1.76 bits per heavy atom. The molecule has 0 unspecified atom stereocenters. The van der Waals surface area contributed by atoms with Crippen LogP contribution in [0.4, 0.5) is 0 Å². The zero-order chi connectivity index (χ0) is 13.2. The molecule has 0 aliphatic rings. The van der Waals surface area contributed by atoms with E-state index in [4.69, 9.17) is 0 Å². The maximum atomic E-state index is 12.1. The third-order valence-electron chi connectivity index (χ3n) is 2.83. The van der Waals surface area contributed by atoms with Crippen molar-refractivity contribution in [2.45, 2.75) is 19.4 Å². The van der Waals surface area contributed by atoms with E-state index in [2.05, 4.69) is 0 Å². The second-order valence-corrected chi connectivity index (χ2v) is 4.51. The number of aliphatic hydroxyl groups is 1. The van der Waals surface area contributed by atoms with Crippen molar-refractivity contribution in [2.75, 3.05) is 13.7 Å².